The minimum atomic E-state index is -0.257. The summed E-state index contributed by atoms with van der Waals surface area (Å²) in [6.07, 6.45) is 0.598. The molecule has 0 aromatic carbocycles. The number of nitrogens with one attached hydrogen (secondary N) is 1. The summed E-state index contributed by atoms with van der Waals surface area (Å²) in [4.78, 5) is 0. The molecule has 1 unspecified atom stereocenters. The summed E-state index contributed by atoms with van der Waals surface area (Å²) in [7, 11) is 1.88. The monoisotopic (exact) mass is 159 g/mol. The summed E-state index contributed by atoms with van der Waals surface area (Å²) in [5.74, 6) is 0.553. The highest BCUT2D eigenvalue weighted by atomic mass is 16.3. The summed E-state index contributed by atoms with van der Waals surface area (Å²) >= 11 is 0. The first kappa shape index (κ1) is 10.9. The van der Waals surface area contributed by atoms with Crippen LogP contribution in [-0.4, -0.2) is 23.8 Å². The first-order chi connectivity index (χ1) is 4.90. The van der Waals surface area contributed by atoms with Crippen molar-refractivity contribution in [3.8, 4) is 0 Å². The van der Waals surface area contributed by atoms with Crippen molar-refractivity contribution in [2.75, 3.05) is 7.05 Å². The van der Waals surface area contributed by atoms with Crippen molar-refractivity contribution in [3.63, 3.8) is 0 Å². The van der Waals surface area contributed by atoms with E-state index in [4.69, 9.17) is 0 Å². The van der Waals surface area contributed by atoms with Crippen molar-refractivity contribution in [1.82, 2.24) is 5.32 Å². The molecule has 0 heterocycles. The van der Waals surface area contributed by atoms with Gasteiger partial charge in [-0.15, -0.1) is 0 Å². The molecule has 0 amide bonds. The van der Waals surface area contributed by atoms with Gasteiger partial charge in [0.1, 0.15) is 0 Å². The molecule has 0 radical (unpaired) electrons. The molecule has 0 aliphatic rings. The van der Waals surface area contributed by atoms with Crippen molar-refractivity contribution in [3.05, 3.63) is 0 Å². The Morgan fingerprint density at radius 1 is 1.36 bits per heavy atom. The van der Waals surface area contributed by atoms with Crippen LogP contribution in [0.25, 0.3) is 0 Å². The minimum Gasteiger partial charge on any atom is -0.391 e. The van der Waals surface area contributed by atoms with Gasteiger partial charge in [-0.3, -0.25) is 0 Å². The Hall–Kier alpha value is -0.0800. The molecule has 1 atom stereocenters. The van der Waals surface area contributed by atoms with Crippen LogP contribution in [0.4, 0.5) is 0 Å². The standard InChI is InChI=1S/C9H21NO/c1-7(2)6-8(11)9(3,4)10-5/h7-8,10-11H,6H2,1-5H3. The van der Waals surface area contributed by atoms with E-state index in [1.54, 1.807) is 0 Å². The average molecular weight is 159 g/mol. The van der Waals surface area contributed by atoms with E-state index >= 15 is 0 Å². The average Bonchev–Trinajstić information content (AvgIpc) is 1.86. The maximum absolute atomic E-state index is 9.68. The Labute approximate surface area is 70.0 Å². The van der Waals surface area contributed by atoms with Gasteiger partial charge in [-0.25, -0.2) is 0 Å². The van der Waals surface area contributed by atoms with Gasteiger partial charge in [-0.1, -0.05) is 13.8 Å². The summed E-state index contributed by atoms with van der Waals surface area (Å²) in [6, 6.07) is 0. The lowest BCUT2D eigenvalue weighted by molar-refractivity contribution is 0.0665. The topological polar surface area (TPSA) is 32.3 Å². The fraction of sp³-hybridized carbons (Fsp3) is 1.00. The number of aliphatic hydroxyl groups is 1. The van der Waals surface area contributed by atoms with Gasteiger partial charge >= 0.3 is 0 Å². The molecule has 0 aromatic rings. The Bertz CT molecular complexity index is 110. The highest BCUT2D eigenvalue weighted by Gasteiger charge is 2.25. The molecule has 0 aromatic heterocycles. The predicted molar refractivity (Wildman–Crippen MR) is 48.6 cm³/mol. The van der Waals surface area contributed by atoms with Crippen molar-refractivity contribution in [2.24, 2.45) is 5.92 Å². The van der Waals surface area contributed by atoms with E-state index in [0.717, 1.165) is 6.42 Å². The number of hydrogen-bond acceptors (Lipinski definition) is 2. The van der Waals surface area contributed by atoms with Gasteiger partial charge in [-0.05, 0) is 33.2 Å². The van der Waals surface area contributed by atoms with Gasteiger partial charge in [0, 0.05) is 5.54 Å². The fourth-order valence-electron chi connectivity index (χ4n) is 0.908. The van der Waals surface area contributed by atoms with Gasteiger partial charge in [-0.2, -0.15) is 0 Å². The minimum absolute atomic E-state index is 0.162. The first-order valence-corrected chi connectivity index (χ1v) is 4.27. The zero-order valence-corrected chi connectivity index (χ0v) is 8.31. The van der Waals surface area contributed by atoms with E-state index in [-0.39, 0.29) is 11.6 Å². The Kier molecular flexibility index (Phi) is 4.04. The Balaban J connectivity index is 3.90. The van der Waals surface area contributed by atoms with Gasteiger partial charge in [0.25, 0.3) is 0 Å². The fourth-order valence-corrected chi connectivity index (χ4v) is 0.908. The van der Waals surface area contributed by atoms with Crippen molar-refractivity contribution in [2.45, 2.75) is 45.8 Å². The molecule has 0 saturated carbocycles. The van der Waals surface area contributed by atoms with E-state index < -0.39 is 0 Å². The third kappa shape index (κ3) is 3.73. The molecule has 0 aliphatic carbocycles. The van der Waals surface area contributed by atoms with Gasteiger partial charge in [0.2, 0.25) is 0 Å². The molecule has 0 fully saturated rings. The smallest absolute Gasteiger partial charge is 0.0718 e. The summed E-state index contributed by atoms with van der Waals surface area (Å²) in [6.45, 7) is 8.27. The lowest BCUT2D eigenvalue weighted by atomic mass is 9.91. The lowest BCUT2D eigenvalue weighted by Gasteiger charge is -2.31. The number of hydrogen-bond donors (Lipinski definition) is 2. The largest absolute Gasteiger partial charge is 0.391 e. The van der Waals surface area contributed by atoms with Crippen molar-refractivity contribution < 1.29 is 5.11 Å². The summed E-state index contributed by atoms with van der Waals surface area (Å²) < 4.78 is 0. The van der Waals surface area contributed by atoms with E-state index in [2.05, 4.69) is 19.2 Å². The molecule has 11 heavy (non-hydrogen) atoms. The van der Waals surface area contributed by atoms with Crippen LogP contribution < -0.4 is 5.32 Å². The Morgan fingerprint density at radius 3 is 2.09 bits per heavy atom. The number of likely N-dealkylation sites (N-methyl/N-ethyl adjacent to an activating group) is 1. The maximum atomic E-state index is 9.68. The molecule has 68 valence electrons. The molecule has 2 nitrogen and oxygen atoms in total. The molecular weight excluding hydrogens is 138 g/mol. The third-order valence-corrected chi connectivity index (χ3v) is 2.17. The lowest BCUT2D eigenvalue weighted by Crippen LogP contribution is -2.48. The molecule has 2 heteroatoms. The summed E-state index contributed by atoms with van der Waals surface area (Å²) in [5, 5.41) is 12.8. The van der Waals surface area contributed by atoms with E-state index in [1.807, 2.05) is 20.9 Å². The van der Waals surface area contributed by atoms with Crippen LogP contribution in [0, 0.1) is 5.92 Å². The van der Waals surface area contributed by atoms with Crippen LogP contribution in [0.5, 0.6) is 0 Å². The second-order valence-corrected chi connectivity index (χ2v) is 4.12. The van der Waals surface area contributed by atoms with E-state index in [1.165, 1.54) is 0 Å². The van der Waals surface area contributed by atoms with E-state index in [0.29, 0.717) is 5.92 Å². The van der Waals surface area contributed by atoms with Crippen LogP contribution in [0.15, 0.2) is 0 Å². The molecule has 0 aliphatic heterocycles. The molecule has 0 saturated heterocycles. The zero-order chi connectivity index (χ0) is 9.07. The quantitative estimate of drug-likeness (QED) is 0.649. The highest BCUT2D eigenvalue weighted by molar-refractivity contribution is 4.84. The molecule has 2 N–H and O–H groups in total. The van der Waals surface area contributed by atoms with Gasteiger partial charge in [0.15, 0.2) is 0 Å². The predicted octanol–water partition coefficient (Wildman–Crippen LogP) is 1.39. The Morgan fingerprint density at radius 2 is 1.82 bits per heavy atom. The van der Waals surface area contributed by atoms with Crippen molar-refractivity contribution >= 4 is 0 Å². The summed E-state index contributed by atoms with van der Waals surface area (Å²) in [5.41, 5.74) is -0.162. The normalized spacial score (nSPS) is 15.5. The molecule has 0 spiro atoms. The van der Waals surface area contributed by atoms with Crippen molar-refractivity contribution in [1.29, 1.82) is 0 Å². The van der Waals surface area contributed by atoms with Gasteiger partial charge in [0.05, 0.1) is 6.10 Å². The maximum Gasteiger partial charge on any atom is 0.0718 e. The third-order valence-electron chi connectivity index (χ3n) is 2.17. The molecule has 0 rings (SSSR count). The number of aliphatic hydroxyl groups excluding tert-OH is 1. The van der Waals surface area contributed by atoms with Crippen LogP contribution in [0.3, 0.4) is 0 Å². The van der Waals surface area contributed by atoms with Crippen LogP contribution in [0.1, 0.15) is 34.1 Å². The highest BCUT2D eigenvalue weighted by Crippen LogP contribution is 2.15. The van der Waals surface area contributed by atoms with Crippen LogP contribution in [-0.2, 0) is 0 Å². The second-order valence-electron chi connectivity index (χ2n) is 4.12. The first-order valence-electron chi connectivity index (χ1n) is 4.27. The molecular formula is C9H21NO. The van der Waals surface area contributed by atoms with Gasteiger partial charge < -0.3 is 10.4 Å². The molecule has 0 bridgehead atoms. The zero-order valence-electron chi connectivity index (χ0n) is 8.31. The van der Waals surface area contributed by atoms with Crippen LogP contribution >= 0.6 is 0 Å². The SMILES string of the molecule is CNC(C)(C)C(O)CC(C)C. The second kappa shape index (κ2) is 4.07. The number of rotatable bonds is 4. The van der Waals surface area contributed by atoms with Crippen LogP contribution in [0.2, 0.25) is 0 Å². The van der Waals surface area contributed by atoms with E-state index in [9.17, 15) is 5.11 Å².